The molecule has 0 atom stereocenters. The number of pyridine rings is 1. The van der Waals surface area contributed by atoms with Crippen LogP contribution in [-0.4, -0.2) is 17.4 Å². The lowest BCUT2D eigenvalue weighted by Crippen LogP contribution is -2.25. The van der Waals surface area contributed by atoms with E-state index in [4.69, 9.17) is 0 Å². The molecule has 0 radical (unpaired) electrons. The summed E-state index contributed by atoms with van der Waals surface area (Å²) in [4.78, 5) is 14.5. The number of unbranched alkanes of at least 4 members (excludes halogenated alkanes) is 2. The lowest BCUT2D eigenvalue weighted by Gasteiger charge is -2.05. The second kappa shape index (κ2) is 6.15. The molecule has 3 nitrogen and oxygen atoms in total. The predicted octanol–water partition coefficient (Wildman–Crippen LogP) is 2.28. The molecule has 1 aromatic rings. The van der Waals surface area contributed by atoms with Gasteiger partial charge in [0.05, 0.1) is 5.56 Å². The highest BCUT2D eigenvalue weighted by Crippen LogP contribution is 2.08. The smallest absolute Gasteiger partial charge is 0.254 e. The zero-order valence-corrected chi connectivity index (χ0v) is 9.09. The van der Waals surface area contributed by atoms with Gasteiger partial charge in [0.1, 0.15) is 0 Å². The van der Waals surface area contributed by atoms with E-state index in [9.17, 15) is 13.6 Å². The number of rotatable bonds is 5. The van der Waals surface area contributed by atoms with E-state index in [0.29, 0.717) is 6.54 Å². The van der Waals surface area contributed by atoms with Crippen LogP contribution in [0.25, 0.3) is 0 Å². The Kier molecular flexibility index (Phi) is 4.82. The van der Waals surface area contributed by atoms with Gasteiger partial charge in [-0.3, -0.25) is 4.79 Å². The molecule has 0 aliphatic carbocycles. The van der Waals surface area contributed by atoms with Gasteiger partial charge in [-0.25, -0.2) is 9.37 Å². The Balaban J connectivity index is 2.56. The standard InChI is InChI=1S/C11H14F2N2O/c1-2-3-4-6-15-11(16)8-5-7-14-10(13)9(8)12/h5,7H,2-4,6H2,1H3,(H,15,16). The van der Waals surface area contributed by atoms with Crippen LogP contribution >= 0.6 is 0 Å². The molecule has 0 saturated heterocycles. The summed E-state index contributed by atoms with van der Waals surface area (Å²) in [5.74, 6) is -3.05. The summed E-state index contributed by atoms with van der Waals surface area (Å²) in [5, 5.41) is 2.53. The molecular weight excluding hydrogens is 214 g/mol. The van der Waals surface area contributed by atoms with E-state index >= 15 is 0 Å². The molecule has 0 unspecified atom stereocenters. The topological polar surface area (TPSA) is 42.0 Å². The number of nitrogens with zero attached hydrogens (tertiary/aromatic N) is 1. The Hall–Kier alpha value is -1.52. The molecule has 16 heavy (non-hydrogen) atoms. The Morgan fingerprint density at radius 2 is 2.19 bits per heavy atom. The number of carbonyl (C=O) groups excluding carboxylic acids is 1. The normalized spacial score (nSPS) is 10.2. The minimum absolute atomic E-state index is 0.302. The quantitative estimate of drug-likeness (QED) is 0.620. The van der Waals surface area contributed by atoms with E-state index in [0.717, 1.165) is 31.5 Å². The summed E-state index contributed by atoms with van der Waals surface area (Å²) in [5.41, 5.74) is -0.302. The summed E-state index contributed by atoms with van der Waals surface area (Å²) in [7, 11) is 0. The Morgan fingerprint density at radius 3 is 2.88 bits per heavy atom. The zero-order valence-electron chi connectivity index (χ0n) is 9.09. The van der Waals surface area contributed by atoms with Crippen molar-refractivity contribution in [2.24, 2.45) is 0 Å². The molecule has 1 N–H and O–H groups in total. The Morgan fingerprint density at radius 1 is 1.44 bits per heavy atom. The van der Waals surface area contributed by atoms with Gasteiger partial charge >= 0.3 is 0 Å². The highest BCUT2D eigenvalue weighted by Gasteiger charge is 2.15. The number of amides is 1. The summed E-state index contributed by atoms with van der Waals surface area (Å²) < 4.78 is 25.8. The van der Waals surface area contributed by atoms with Crippen LogP contribution in [0.5, 0.6) is 0 Å². The van der Waals surface area contributed by atoms with E-state index in [1.807, 2.05) is 6.92 Å². The van der Waals surface area contributed by atoms with Crippen LogP contribution in [0.15, 0.2) is 12.3 Å². The van der Waals surface area contributed by atoms with Crippen molar-refractivity contribution in [1.29, 1.82) is 0 Å². The molecule has 1 heterocycles. The summed E-state index contributed by atoms with van der Waals surface area (Å²) in [6.45, 7) is 2.51. The maximum atomic E-state index is 13.1. The monoisotopic (exact) mass is 228 g/mol. The van der Waals surface area contributed by atoms with Gasteiger partial charge in [-0.05, 0) is 12.5 Å². The number of hydrogen-bond donors (Lipinski definition) is 1. The van der Waals surface area contributed by atoms with Crippen molar-refractivity contribution in [3.8, 4) is 0 Å². The van der Waals surface area contributed by atoms with E-state index in [-0.39, 0.29) is 5.56 Å². The zero-order chi connectivity index (χ0) is 12.0. The van der Waals surface area contributed by atoms with E-state index < -0.39 is 17.7 Å². The molecule has 88 valence electrons. The highest BCUT2D eigenvalue weighted by molar-refractivity contribution is 5.94. The summed E-state index contributed by atoms with van der Waals surface area (Å²) >= 11 is 0. The first kappa shape index (κ1) is 12.5. The van der Waals surface area contributed by atoms with Gasteiger partial charge in [-0.15, -0.1) is 0 Å². The first-order chi connectivity index (χ1) is 7.66. The second-order valence-corrected chi connectivity index (χ2v) is 3.43. The highest BCUT2D eigenvalue weighted by atomic mass is 19.2. The fourth-order valence-electron chi connectivity index (χ4n) is 1.27. The van der Waals surface area contributed by atoms with Gasteiger partial charge in [0.2, 0.25) is 5.95 Å². The van der Waals surface area contributed by atoms with Gasteiger partial charge in [0, 0.05) is 12.7 Å². The van der Waals surface area contributed by atoms with Crippen LogP contribution in [0.4, 0.5) is 8.78 Å². The van der Waals surface area contributed by atoms with E-state index in [2.05, 4.69) is 10.3 Å². The lowest BCUT2D eigenvalue weighted by molar-refractivity contribution is 0.0947. The van der Waals surface area contributed by atoms with Crippen LogP contribution in [0, 0.1) is 11.8 Å². The minimum Gasteiger partial charge on any atom is -0.352 e. The van der Waals surface area contributed by atoms with E-state index in [1.54, 1.807) is 0 Å². The minimum atomic E-state index is -1.25. The molecule has 1 rings (SSSR count). The molecule has 0 aliphatic rings. The van der Waals surface area contributed by atoms with Crippen LogP contribution < -0.4 is 5.32 Å². The van der Waals surface area contributed by atoms with Crippen LogP contribution in [0.2, 0.25) is 0 Å². The third-order valence-corrected chi connectivity index (χ3v) is 2.16. The lowest BCUT2D eigenvalue weighted by atomic mass is 10.2. The number of hydrogen-bond acceptors (Lipinski definition) is 2. The van der Waals surface area contributed by atoms with Gasteiger partial charge < -0.3 is 5.32 Å². The Labute approximate surface area is 92.9 Å². The van der Waals surface area contributed by atoms with Gasteiger partial charge in [-0.2, -0.15) is 4.39 Å². The molecule has 0 spiro atoms. The largest absolute Gasteiger partial charge is 0.352 e. The molecule has 1 aromatic heterocycles. The number of aromatic nitrogens is 1. The van der Waals surface area contributed by atoms with Crippen molar-refractivity contribution in [3.05, 3.63) is 29.6 Å². The van der Waals surface area contributed by atoms with Gasteiger partial charge in [0.25, 0.3) is 5.91 Å². The number of carbonyl (C=O) groups is 1. The van der Waals surface area contributed by atoms with Gasteiger partial charge in [-0.1, -0.05) is 19.8 Å². The predicted molar refractivity (Wildman–Crippen MR) is 56.0 cm³/mol. The maximum absolute atomic E-state index is 13.1. The summed E-state index contributed by atoms with van der Waals surface area (Å²) in [6.07, 6.45) is 3.93. The molecule has 0 bridgehead atoms. The van der Waals surface area contributed by atoms with E-state index in [1.165, 1.54) is 0 Å². The molecule has 5 heteroatoms. The molecule has 0 aliphatic heterocycles. The Bertz CT molecular complexity index is 369. The average Bonchev–Trinajstić information content (AvgIpc) is 2.28. The van der Waals surface area contributed by atoms with Crippen molar-refractivity contribution in [1.82, 2.24) is 10.3 Å². The summed E-state index contributed by atoms with van der Waals surface area (Å²) in [6, 6.07) is 1.16. The average molecular weight is 228 g/mol. The fraction of sp³-hybridized carbons (Fsp3) is 0.455. The number of halogens is 2. The molecule has 0 fully saturated rings. The van der Waals surface area contributed by atoms with Crippen LogP contribution in [-0.2, 0) is 0 Å². The van der Waals surface area contributed by atoms with Gasteiger partial charge in [0.15, 0.2) is 5.82 Å². The third kappa shape index (κ3) is 3.25. The SMILES string of the molecule is CCCCCNC(=O)c1ccnc(F)c1F. The van der Waals surface area contributed by atoms with Crippen LogP contribution in [0.3, 0.4) is 0 Å². The second-order valence-electron chi connectivity index (χ2n) is 3.43. The van der Waals surface area contributed by atoms with Crippen LogP contribution in [0.1, 0.15) is 36.5 Å². The first-order valence-corrected chi connectivity index (χ1v) is 5.25. The van der Waals surface area contributed by atoms with Crippen molar-refractivity contribution in [2.75, 3.05) is 6.54 Å². The third-order valence-electron chi connectivity index (χ3n) is 2.16. The first-order valence-electron chi connectivity index (χ1n) is 5.25. The molecular formula is C11H14F2N2O. The molecule has 0 aromatic carbocycles. The van der Waals surface area contributed by atoms with Crippen molar-refractivity contribution in [3.63, 3.8) is 0 Å². The van der Waals surface area contributed by atoms with Crippen molar-refractivity contribution >= 4 is 5.91 Å². The van der Waals surface area contributed by atoms with Crippen molar-refractivity contribution < 1.29 is 13.6 Å². The number of nitrogens with one attached hydrogen (secondary N) is 1. The molecule has 0 saturated carbocycles. The van der Waals surface area contributed by atoms with Crippen molar-refractivity contribution in [2.45, 2.75) is 26.2 Å². The maximum Gasteiger partial charge on any atom is 0.254 e. The molecule has 1 amide bonds. The fourth-order valence-corrected chi connectivity index (χ4v) is 1.27.